The smallest absolute Gasteiger partial charge is 0.342 e. The van der Waals surface area contributed by atoms with E-state index in [1.807, 2.05) is 13.8 Å². The number of nitrogens with zero attached hydrogens (tertiary/aromatic N) is 2. The van der Waals surface area contributed by atoms with Crippen LogP contribution in [0.3, 0.4) is 0 Å². The maximum Gasteiger partial charge on any atom is 0.342 e. The Morgan fingerprint density at radius 1 is 0.950 bits per heavy atom. The van der Waals surface area contributed by atoms with Crippen LogP contribution in [0.25, 0.3) is 0 Å². The molecule has 0 atom stereocenters. The quantitative estimate of drug-likeness (QED) is 0.681. The van der Waals surface area contributed by atoms with Gasteiger partial charge in [0.15, 0.2) is 0 Å². The minimum absolute atomic E-state index is 0.170. The fourth-order valence-corrected chi connectivity index (χ4v) is 2.30. The summed E-state index contributed by atoms with van der Waals surface area (Å²) in [6, 6.07) is 0. The summed E-state index contributed by atoms with van der Waals surface area (Å²) < 4.78 is 5.48. The Labute approximate surface area is 121 Å². The van der Waals surface area contributed by atoms with Crippen molar-refractivity contribution in [2.24, 2.45) is 0 Å². The Hall–Kier alpha value is -1.45. The number of aromatic nitrogens is 2. The van der Waals surface area contributed by atoms with E-state index in [0.717, 1.165) is 11.5 Å². The van der Waals surface area contributed by atoms with Crippen molar-refractivity contribution in [2.75, 3.05) is 0 Å². The molecule has 0 saturated heterocycles. The number of ether oxygens (including phenoxy) is 1. The van der Waals surface area contributed by atoms with Crippen LogP contribution in [-0.4, -0.2) is 15.9 Å². The van der Waals surface area contributed by atoms with Gasteiger partial charge in [-0.15, -0.1) is 0 Å². The number of fused-ring (bicyclic) bond motifs is 1. The minimum Gasteiger partial charge on any atom is -0.449 e. The van der Waals surface area contributed by atoms with Crippen molar-refractivity contribution >= 4 is 5.97 Å². The molecule has 0 unspecified atom stereocenters. The van der Waals surface area contributed by atoms with Gasteiger partial charge in [0, 0.05) is 10.8 Å². The highest BCUT2D eigenvalue weighted by atomic mass is 16.6. The molecule has 0 N–H and O–H groups in total. The maximum absolute atomic E-state index is 12.2. The third-order valence-electron chi connectivity index (χ3n) is 3.41. The first-order chi connectivity index (χ1) is 8.84. The molecule has 0 fully saturated rings. The van der Waals surface area contributed by atoms with Gasteiger partial charge in [0.05, 0.1) is 5.69 Å². The summed E-state index contributed by atoms with van der Waals surface area (Å²) in [7, 11) is 0. The van der Waals surface area contributed by atoms with Crippen molar-refractivity contribution in [1.82, 2.24) is 9.97 Å². The third kappa shape index (κ3) is 2.32. The highest BCUT2D eigenvalue weighted by molar-refractivity contribution is 5.95. The first-order valence-electron chi connectivity index (χ1n) is 7.01. The number of carbonyl (C=O) groups is 1. The molecule has 0 amide bonds. The van der Waals surface area contributed by atoms with Gasteiger partial charge in [-0.05, 0) is 13.8 Å². The Morgan fingerprint density at radius 3 is 1.95 bits per heavy atom. The molecular weight excluding hydrogens is 252 g/mol. The predicted molar refractivity (Wildman–Crippen MR) is 77.9 cm³/mol. The van der Waals surface area contributed by atoms with Crippen LogP contribution in [0.5, 0.6) is 0 Å². The van der Waals surface area contributed by atoms with Gasteiger partial charge in [0.25, 0.3) is 0 Å². The van der Waals surface area contributed by atoms with Crippen LogP contribution in [0.2, 0.25) is 0 Å². The Morgan fingerprint density at radius 2 is 1.50 bits per heavy atom. The summed E-state index contributed by atoms with van der Waals surface area (Å²) in [5.74, 6) is 0.447. The first kappa shape index (κ1) is 14.9. The van der Waals surface area contributed by atoms with Crippen LogP contribution in [0.15, 0.2) is 0 Å². The van der Waals surface area contributed by atoms with Gasteiger partial charge >= 0.3 is 5.97 Å². The van der Waals surface area contributed by atoms with Crippen LogP contribution in [0.4, 0.5) is 0 Å². The van der Waals surface area contributed by atoms with E-state index in [1.54, 1.807) is 0 Å². The normalized spacial score (nSPS) is 17.9. The number of esters is 1. The molecule has 2 heterocycles. The van der Waals surface area contributed by atoms with E-state index in [1.165, 1.54) is 0 Å². The summed E-state index contributed by atoms with van der Waals surface area (Å²) in [5.41, 5.74) is 0.962. The lowest BCUT2D eigenvalue weighted by atomic mass is 9.85. The van der Waals surface area contributed by atoms with Crippen LogP contribution in [0, 0.1) is 0 Å². The van der Waals surface area contributed by atoms with Gasteiger partial charge in [-0.25, -0.2) is 14.8 Å². The Kier molecular flexibility index (Phi) is 3.01. The number of carbonyl (C=O) groups excluding carboxylic acids is 1. The molecule has 0 spiro atoms. The molecule has 4 nitrogen and oxygen atoms in total. The van der Waals surface area contributed by atoms with Gasteiger partial charge in [-0.3, -0.25) is 0 Å². The van der Waals surface area contributed by atoms with Crippen LogP contribution >= 0.6 is 0 Å². The van der Waals surface area contributed by atoms with E-state index < -0.39 is 5.60 Å². The molecule has 0 radical (unpaired) electrons. The molecule has 2 rings (SSSR count). The second-order valence-corrected chi connectivity index (χ2v) is 8.02. The molecule has 1 aromatic heterocycles. The third-order valence-corrected chi connectivity index (χ3v) is 3.41. The summed E-state index contributed by atoms with van der Waals surface area (Å²) in [5, 5.41) is 0. The maximum atomic E-state index is 12.2. The van der Waals surface area contributed by atoms with Gasteiger partial charge in [0.1, 0.15) is 22.7 Å². The number of cyclic esters (lactones) is 1. The van der Waals surface area contributed by atoms with Crippen molar-refractivity contribution in [3.63, 3.8) is 0 Å². The van der Waals surface area contributed by atoms with Crippen LogP contribution in [-0.2, 0) is 21.2 Å². The lowest BCUT2D eigenvalue weighted by Gasteiger charge is -2.25. The van der Waals surface area contributed by atoms with E-state index in [4.69, 9.17) is 9.72 Å². The molecule has 0 saturated carbocycles. The highest BCUT2D eigenvalue weighted by Gasteiger charge is 2.44. The van der Waals surface area contributed by atoms with E-state index in [-0.39, 0.29) is 16.8 Å². The summed E-state index contributed by atoms with van der Waals surface area (Å²) >= 11 is 0. The van der Waals surface area contributed by atoms with Crippen molar-refractivity contribution in [1.29, 1.82) is 0 Å². The zero-order valence-corrected chi connectivity index (χ0v) is 13.7. The predicted octanol–water partition coefficient (Wildman–Crippen LogP) is 3.48. The fourth-order valence-electron chi connectivity index (χ4n) is 2.30. The molecular formula is C16H24N2O2. The molecule has 1 aliphatic heterocycles. The average molecular weight is 276 g/mol. The van der Waals surface area contributed by atoms with Gasteiger partial charge in [-0.2, -0.15) is 0 Å². The second-order valence-electron chi connectivity index (χ2n) is 8.02. The van der Waals surface area contributed by atoms with E-state index in [2.05, 4.69) is 46.5 Å². The van der Waals surface area contributed by atoms with Crippen molar-refractivity contribution in [3.05, 3.63) is 22.8 Å². The van der Waals surface area contributed by atoms with Crippen LogP contribution < -0.4 is 0 Å². The molecule has 20 heavy (non-hydrogen) atoms. The summed E-state index contributed by atoms with van der Waals surface area (Å²) in [6.07, 6.45) is 0. The monoisotopic (exact) mass is 276 g/mol. The fraction of sp³-hybridized carbons (Fsp3) is 0.688. The van der Waals surface area contributed by atoms with Crippen molar-refractivity contribution < 1.29 is 9.53 Å². The summed E-state index contributed by atoms with van der Waals surface area (Å²) in [4.78, 5) is 21.5. The first-order valence-corrected chi connectivity index (χ1v) is 7.01. The Bertz CT molecular complexity index is 575. The number of hydrogen-bond donors (Lipinski definition) is 0. The minimum atomic E-state index is -0.685. The molecule has 1 aromatic rings. The van der Waals surface area contributed by atoms with Crippen molar-refractivity contribution in [3.8, 4) is 0 Å². The summed E-state index contributed by atoms with van der Waals surface area (Å²) in [6.45, 7) is 16.1. The molecule has 0 aliphatic carbocycles. The van der Waals surface area contributed by atoms with Crippen LogP contribution in [0.1, 0.15) is 83.0 Å². The SMILES string of the molecule is CC(C)(C)c1nc(C(C)(C)C)c2c(n1)C(C)(C)OC2=O. The molecule has 110 valence electrons. The highest BCUT2D eigenvalue weighted by Crippen LogP contribution is 2.40. The molecule has 0 bridgehead atoms. The largest absolute Gasteiger partial charge is 0.449 e. The average Bonchev–Trinajstić information content (AvgIpc) is 2.46. The molecule has 0 aromatic carbocycles. The van der Waals surface area contributed by atoms with Gasteiger partial charge in [0.2, 0.25) is 0 Å². The van der Waals surface area contributed by atoms with E-state index in [0.29, 0.717) is 11.3 Å². The van der Waals surface area contributed by atoms with Gasteiger partial charge < -0.3 is 4.74 Å². The van der Waals surface area contributed by atoms with Crippen molar-refractivity contribution in [2.45, 2.75) is 71.8 Å². The number of hydrogen-bond acceptors (Lipinski definition) is 4. The van der Waals surface area contributed by atoms with E-state index in [9.17, 15) is 4.79 Å². The Balaban J connectivity index is 2.83. The zero-order valence-electron chi connectivity index (χ0n) is 13.7. The second kappa shape index (κ2) is 4.03. The zero-order chi connectivity index (χ0) is 15.5. The molecule has 1 aliphatic rings. The lowest BCUT2D eigenvalue weighted by molar-refractivity contribution is 0.00818. The standard InChI is InChI=1S/C16H24N2O2/c1-14(2,3)10-9-11(16(7,8)20-12(9)19)18-13(17-10)15(4,5)6/h1-8H3. The molecule has 4 heteroatoms. The topological polar surface area (TPSA) is 52.1 Å². The number of rotatable bonds is 0. The van der Waals surface area contributed by atoms with Gasteiger partial charge in [-0.1, -0.05) is 41.5 Å². The lowest BCUT2D eigenvalue weighted by Crippen LogP contribution is -2.26. The van der Waals surface area contributed by atoms with E-state index >= 15 is 0 Å².